The number of nitrogens with zero attached hydrogens (tertiary/aromatic N) is 1. The number of aliphatic hydroxyl groups is 1. The predicted octanol–water partition coefficient (Wildman–Crippen LogP) is 0.952. The van der Waals surface area contributed by atoms with Gasteiger partial charge in [0.25, 0.3) is 0 Å². The molecule has 4 atom stereocenters. The van der Waals surface area contributed by atoms with Crippen LogP contribution in [0.2, 0.25) is 0 Å². The monoisotopic (exact) mass is 256 g/mol. The molecule has 0 aromatic heterocycles. The molecular formula is C13H24N2O3. The number of amides is 1. The minimum atomic E-state index is -0.448. The van der Waals surface area contributed by atoms with Crippen LogP contribution in [0.4, 0.5) is 4.79 Å². The smallest absolute Gasteiger partial charge is 0.410 e. The molecule has 3 rings (SSSR count). The van der Waals surface area contributed by atoms with E-state index in [0.29, 0.717) is 24.8 Å². The topological polar surface area (TPSA) is 75.8 Å². The second-order valence-electron chi connectivity index (χ2n) is 6.48. The lowest BCUT2D eigenvalue weighted by Gasteiger charge is -2.37. The highest BCUT2D eigenvalue weighted by atomic mass is 16.6. The fourth-order valence-electron chi connectivity index (χ4n) is 3.02. The maximum atomic E-state index is 12.0. The number of nitrogens with two attached hydrogens (primary N) is 1. The molecule has 3 N–H and O–H groups in total. The normalized spacial score (nSPS) is 32.1. The Morgan fingerprint density at radius 2 is 2.22 bits per heavy atom. The van der Waals surface area contributed by atoms with Gasteiger partial charge in [0, 0.05) is 19.1 Å². The third-order valence-corrected chi connectivity index (χ3v) is 3.92. The number of rotatable bonds is 3. The molecule has 2 heterocycles. The third-order valence-electron chi connectivity index (χ3n) is 3.92. The number of carbonyl (C=O) groups excluding carboxylic acids is 1. The Labute approximate surface area is 108 Å². The quantitative estimate of drug-likeness (QED) is 0.788. The van der Waals surface area contributed by atoms with E-state index in [1.165, 1.54) is 0 Å². The molecule has 5 nitrogen and oxygen atoms in total. The van der Waals surface area contributed by atoms with Crippen LogP contribution >= 0.6 is 0 Å². The zero-order valence-electron chi connectivity index (χ0n) is 11.4. The van der Waals surface area contributed by atoms with E-state index in [-0.39, 0.29) is 12.1 Å². The van der Waals surface area contributed by atoms with Gasteiger partial charge in [-0.05, 0) is 45.4 Å². The van der Waals surface area contributed by atoms with E-state index in [0.717, 1.165) is 13.0 Å². The van der Waals surface area contributed by atoms with Gasteiger partial charge in [0.2, 0.25) is 0 Å². The highest BCUT2D eigenvalue weighted by Crippen LogP contribution is 2.48. The van der Waals surface area contributed by atoms with Gasteiger partial charge in [-0.1, -0.05) is 0 Å². The molecule has 2 aliphatic heterocycles. The zero-order valence-corrected chi connectivity index (χ0v) is 11.4. The lowest BCUT2D eigenvalue weighted by molar-refractivity contribution is 0.0158. The van der Waals surface area contributed by atoms with E-state index >= 15 is 0 Å². The summed E-state index contributed by atoms with van der Waals surface area (Å²) in [5, 5.41) is 9.61. The second kappa shape index (κ2) is 4.70. The Morgan fingerprint density at radius 3 is 2.78 bits per heavy atom. The molecular weight excluding hydrogens is 232 g/mol. The molecule has 0 aromatic carbocycles. The lowest BCUT2D eigenvalue weighted by Crippen LogP contribution is -2.44. The molecule has 0 aromatic rings. The van der Waals surface area contributed by atoms with E-state index in [2.05, 4.69) is 0 Å². The molecule has 1 aliphatic carbocycles. The summed E-state index contributed by atoms with van der Waals surface area (Å²) < 4.78 is 5.40. The minimum absolute atomic E-state index is 0.222. The summed E-state index contributed by atoms with van der Waals surface area (Å²) in [6, 6.07) is 0.242. The molecule has 3 fully saturated rings. The van der Waals surface area contributed by atoms with Crippen LogP contribution in [0.1, 0.15) is 33.6 Å². The molecule has 5 heteroatoms. The van der Waals surface area contributed by atoms with Gasteiger partial charge in [0.05, 0.1) is 6.10 Å². The first-order valence-corrected chi connectivity index (χ1v) is 6.69. The fourth-order valence-corrected chi connectivity index (χ4v) is 3.02. The van der Waals surface area contributed by atoms with E-state index in [9.17, 15) is 9.90 Å². The first-order valence-electron chi connectivity index (χ1n) is 6.69. The van der Waals surface area contributed by atoms with Crippen LogP contribution in [0.5, 0.6) is 0 Å². The number of aliphatic hydroxyl groups excluding tert-OH is 1. The summed E-state index contributed by atoms with van der Waals surface area (Å²) in [5.41, 5.74) is 4.98. The predicted molar refractivity (Wildman–Crippen MR) is 68.0 cm³/mol. The van der Waals surface area contributed by atoms with Gasteiger partial charge < -0.3 is 20.5 Å². The van der Waals surface area contributed by atoms with Crippen molar-refractivity contribution in [1.29, 1.82) is 0 Å². The molecule has 3 aliphatic rings. The highest BCUT2D eigenvalue weighted by Gasteiger charge is 2.54. The summed E-state index contributed by atoms with van der Waals surface area (Å²) in [7, 11) is 0. The summed E-state index contributed by atoms with van der Waals surface area (Å²) in [6.07, 6.45) is 1.07. The first kappa shape index (κ1) is 13.6. The summed E-state index contributed by atoms with van der Waals surface area (Å²) in [5.74, 6) is 0.916. The van der Waals surface area contributed by atoms with Crippen molar-refractivity contribution in [2.24, 2.45) is 17.6 Å². The molecule has 1 saturated carbocycles. The number of hydrogen-bond donors (Lipinski definition) is 2. The van der Waals surface area contributed by atoms with Gasteiger partial charge in [0.15, 0.2) is 0 Å². The fraction of sp³-hybridized carbons (Fsp3) is 0.923. The van der Waals surface area contributed by atoms with Crippen molar-refractivity contribution < 1.29 is 14.6 Å². The van der Waals surface area contributed by atoms with Gasteiger partial charge in [0.1, 0.15) is 5.60 Å². The van der Waals surface area contributed by atoms with Crippen molar-refractivity contribution in [1.82, 2.24) is 4.90 Å². The summed E-state index contributed by atoms with van der Waals surface area (Å²) >= 11 is 0. The van der Waals surface area contributed by atoms with Crippen LogP contribution in [0.3, 0.4) is 0 Å². The average Bonchev–Trinajstić information content (AvgIpc) is 2.80. The molecule has 2 unspecified atom stereocenters. The van der Waals surface area contributed by atoms with Crippen molar-refractivity contribution >= 4 is 6.09 Å². The number of carbonyl (C=O) groups is 1. The van der Waals surface area contributed by atoms with Gasteiger partial charge in [-0.3, -0.25) is 0 Å². The van der Waals surface area contributed by atoms with E-state index in [4.69, 9.17) is 10.5 Å². The third kappa shape index (κ3) is 2.62. The van der Waals surface area contributed by atoms with Crippen LogP contribution in [-0.2, 0) is 4.74 Å². The number of fused-ring (bicyclic) bond motifs is 1. The molecule has 18 heavy (non-hydrogen) atoms. The average molecular weight is 256 g/mol. The van der Waals surface area contributed by atoms with Gasteiger partial charge in [-0.2, -0.15) is 0 Å². The van der Waals surface area contributed by atoms with Crippen molar-refractivity contribution in [3.05, 3.63) is 0 Å². The number of hydrogen-bond acceptors (Lipinski definition) is 4. The largest absolute Gasteiger partial charge is 0.444 e. The Balaban J connectivity index is 1.89. The Morgan fingerprint density at radius 1 is 1.56 bits per heavy atom. The molecule has 0 radical (unpaired) electrons. The second-order valence-corrected chi connectivity index (χ2v) is 6.48. The van der Waals surface area contributed by atoms with Crippen LogP contribution in [0, 0.1) is 11.8 Å². The van der Waals surface area contributed by atoms with E-state index in [1.54, 1.807) is 0 Å². The molecule has 104 valence electrons. The minimum Gasteiger partial charge on any atom is -0.444 e. The van der Waals surface area contributed by atoms with Crippen LogP contribution in [-0.4, -0.2) is 46.9 Å². The van der Waals surface area contributed by atoms with Gasteiger partial charge >= 0.3 is 6.09 Å². The lowest BCUT2D eigenvalue weighted by atomic mass is 9.71. The summed E-state index contributed by atoms with van der Waals surface area (Å²) in [6.45, 7) is 6.69. The SMILES string of the molecule is CC(C)(C)OC(=O)N1C[C@@H]2C[C@H]1C2CC(O)CN. The van der Waals surface area contributed by atoms with Gasteiger partial charge in [-0.25, -0.2) is 4.79 Å². The van der Waals surface area contributed by atoms with Crippen molar-refractivity contribution in [2.75, 3.05) is 13.1 Å². The van der Waals surface area contributed by atoms with Crippen LogP contribution in [0.15, 0.2) is 0 Å². The van der Waals surface area contributed by atoms with Crippen molar-refractivity contribution in [3.63, 3.8) is 0 Å². The van der Waals surface area contributed by atoms with E-state index < -0.39 is 11.7 Å². The van der Waals surface area contributed by atoms with Crippen LogP contribution in [0.25, 0.3) is 0 Å². The molecule has 0 spiro atoms. The Kier molecular flexibility index (Phi) is 3.56. The summed E-state index contributed by atoms with van der Waals surface area (Å²) in [4.78, 5) is 13.8. The zero-order chi connectivity index (χ0) is 13.5. The van der Waals surface area contributed by atoms with Crippen LogP contribution < -0.4 is 5.73 Å². The Bertz CT molecular complexity index is 327. The molecule has 1 amide bonds. The molecule has 2 saturated heterocycles. The maximum Gasteiger partial charge on any atom is 0.410 e. The standard InChI is InChI=1S/C13H24N2O3/c1-13(2,3)18-12(17)15-7-8-4-11(15)10(8)5-9(16)6-14/h8-11,16H,4-7,14H2,1-3H3/t8-,9?,10?,11-/m0/s1. The Hall–Kier alpha value is -0.810. The van der Waals surface area contributed by atoms with Crippen molar-refractivity contribution in [3.8, 4) is 0 Å². The van der Waals surface area contributed by atoms with Gasteiger partial charge in [-0.15, -0.1) is 0 Å². The molecule has 2 bridgehead atoms. The maximum absolute atomic E-state index is 12.0. The number of ether oxygens (including phenoxy) is 1. The highest BCUT2D eigenvalue weighted by molar-refractivity contribution is 5.69. The van der Waals surface area contributed by atoms with E-state index in [1.807, 2.05) is 25.7 Å². The van der Waals surface area contributed by atoms with Crippen molar-refractivity contribution in [2.45, 2.75) is 51.4 Å². The first-order chi connectivity index (χ1) is 8.31.